The number of thioether (sulfide) groups is 1. The fourth-order valence-electron chi connectivity index (χ4n) is 1.29. The van der Waals surface area contributed by atoms with E-state index in [9.17, 15) is 0 Å². The zero-order chi connectivity index (χ0) is 9.10. The van der Waals surface area contributed by atoms with E-state index in [1.54, 1.807) is 11.8 Å². The van der Waals surface area contributed by atoms with Crippen molar-refractivity contribution in [3.63, 3.8) is 0 Å². The summed E-state index contributed by atoms with van der Waals surface area (Å²) in [5.74, 6) is 0.964. The molecule has 0 radical (unpaired) electrons. The third-order valence-electron chi connectivity index (χ3n) is 1.98. The molecule has 0 bridgehead atoms. The number of rotatable bonds is 2. The molecule has 1 nitrogen and oxygen atoms in total. The van der Waals surface area contributed by atoms with Gasteiger partial charge in [0.25, 0.3) is 0 Å². The molecule has 0 aromatic heterocycles. The molecule has 0 saturated heterocycles. The number of hydrogen-bond acceptors (Lipinski definition) is 3. The molecule has 1 aromatic rings. The van der Waals surface area contributed by atoms with E-state index >= 15 is 0 Å². The van der Waals surface area contributed by atoms with Crippen LogP contribution in [0.5, 0.6) is 0 Å². The Labute approximate surface area is 88.4 Å². The minimum Gasteiger partial charge on any atom is -0.311 e. The number of allylic oxidation sites excluding steroid dienone is 1. The molecule has 1 aliphatic rings. The molecule has 68 valence electrons. The van der Waals surface area contributed by atoms with E-state index in [0.29, 0.717) is 0 Å². The lowest BCUT2D eigenvalue weighted by atomic mass is 10.1. The number of thiol groups is 1. The van der Waals surface area contributed by atoms with Gasteiger partial charge in [0.1, 0.15) is 0 Å². The van der Waals surface area contributed by atoms with E-state index in [4.69, 9.17) is 0 Å². The van der Waals surface area contributed by atoms with Gasteiger partial charge < -0.3 is 4.31 Å². The molecule has 13 heavy (non-hydrogen) atoms. The predicted molar refractivity (Wildman–Crippen MR) is 61.5 cm³/mol. The summed E-state index contributed by atoms with van der Waals surface area (Å²) >= 11 is 6.16. The summed E-state index contributed by atoms with van der Waals surface area (Å²) in [6.45, 7) is 0. The zero-order valence-electron chi connectivity index (χ0n) is 7.18. The van der Waals surface area contributed by atoms with Gasteiger partial charge in [0.05, 0.1) is 5.88 Å². The van der Waals surface area contributed by atoms with Crippen LogP contribution in [0.4, 0.5) is 0 Å². The summed E-state index contributed by atoms with van der Waals surface area (Å²) in [7, 11) is 0. The zero-order valence-corrected chi connectivity index (χ0v) is 8.89. The van der Waals surface area contributed by atoms with Crippen LogP contribution in [0.1, 0.15) is 5.56 Å². The van der Waals surface area contributed by atoms with Gasteiger partial charge in [-0.15, -0.1) is 11.8 Å². The highest BCUT2D eigenvalue weighted by molar-refractivity contribution is 8.02. The van der Waals surface area contributed by atoms with Gasteiger partial charge in [-0.05, 0) is 11.0 Å². The normalized spacial score (nSPS) is 16.1. The van der Waals surface area contributed by atoms with Crippen molar-refractivity contribution in [1.29, 1.82) is 0 Å². The Morgan fingerprint density at radius 3 is 2.69 bits per heavy atom. The molecule has 0 N–H and O–H groups in total. The minimum atomic E-state index is 0.964. The van der Waals surface area contributed by atoms with Crippen molar-refractivity contribution in [2.75, 3.05) is 5.88 Å². The molecule has 1 aliphatic heterocycles. The van der Waals surface area contributed by atoms with Crippen molar-refractivity contribution in [1.82, 2.24) is 4.31 Å². The van der Waals surface area contributed by atoms with Crippen LogP contribution in [0, 0.1) is 0 Å². The summed E-state index contributed by atoms with van der Waals surface area (Å²) in [5.41, 5.74) is 2.63. The van der Waals surface area contributed by atoms with Gasteiger partial charge in [-0.1, -0.05) is 43.1 Å². The summed E-state index contributed by atoms with van der Waals surface area (Å²) in [5, 5.41) is 2.18. The van der Waals surface area contributed by atoms with E-state index in [-0.39, 0.29) is 0 Å². The Bertz CT molecular complexity index is 308. The molecule has 1 heterocycles. The molecular formula is C10H11NS2. The van der Waals surface area contributed by atoms with Gasteiger partial charge in [-0.2, -0.15) is 0 Å². The van der Waals surface area contributed by atoms with Crippen LogP contribution in [0.25, 0.3) is 0 Å². The molecule has 0 atom stereocenters. The summed E-state index contributed by atoms with van der Waals surface area (Å²) in [6, 6.07) is 10.5. The van der Waals surface area contributed by atoms with Crippen molar-refractivity contribution in [2.45, 2.75) is 6.42 Å². The third-order valence-corrected chi connectivity index (χ3v) is 3.41. The molecule has 0 spiro atoms. The largest absolute Gasteiger partial charge is 0.311 e. The second kappa shape index (κ2) is 4.11. The maximum absolute atomic E-state index is 4.36. The highest BCUT2D eigenvalue weighted by Crippen LogP contribution is 2.27. The van der Waals surface area contributed by atoms with Crippen LogP contribution >= 0.6 is 24.6 Å². The number of nitrogens with zero attached hydrogens (tertiary/aromatic N) is 1. The fraction of sp³-hybridized carbons (Fsp3) is 0.200. The lowest BCUT2D eigenvalue weighted by molar-refractivity contribution is 0.676. The van der Waals surface area contributed by atoms with Gasteiger partial charge in [0, 0.05) is 12.1 Å². The van der Waals surface area contributed by atoms with Crippen molar-refractivity contribution in [3.8, 4) is 0 Å². The summed E-state index contributed by atoms with van der Waals surface area (Å²) in [4.78, 5) is 0. The highest BCUT2D eigenvalue weighted by atomic mass is 32.2. The van der Waals surface area contributed by atoms with Crippen LogP contribution in [0.2, 0.25) is 0 Å². The second-order valence-corrected chi connectivity index (χ2v) is 4.28. The summed E-state index contributed by atoms with van der Waals surface area (Å²) < 4.78 is 2.00. The smallest absolute Gasteiger partial charge is 0.0786 e. The average molecular weight is 209 g/mol. The first-order valence-corrected chi connectivity index (χ1v) is 5.62. The summed E-state index contributed by atoms with van der Waals surface area (Å²) in [6.07, 6.45) is 0.983. The lowest BCUT2D eigenvalue weighted by Gasteiger charge is -2.13. The van der Waals surface area contributed by atoms with E-state index < -0.39 is 0 Å². The molecule has 3 heteroatoms. The topological polar surface area (TPSA) is 3.24 Å². The van der Waals surface area contributed by atoms with Crippen LogP contribution in [0.15, 0.2) is 41.4 Å². The Hall–Kier alpha value is -0.540. The standard InChI is InChI=1S/C10H11NS2/c12-11-8-13-7-10(11)6-9-4-2-1-3-5-9/h1-5,7,12H,6,8H2. The fourth-order valence-corrected chi connectivity index (χ4v) is 2.48. The Morgan fingerprint density at radius 2 is 2.08 bits per heavy atom. The van der Waals surface area contributed by atoms with Crippen molar-refractivity contribution >= 4 is 24.6 Å². The Morgan fingerprint density at radius 1 is 1.31 bits per heavy atom. The Kier molecular flexibility index (Phi) is 2.86. The maximum atomic E-state index is 4.36. The first-order chi connectivity index (χ1) is 6.36. The molecule has 0 unspecified atom stereocenters. The quantitative estimate of drug-likeness (QED) is 0.746. The van der Waals surface area contributed by atoms with Crippen molar-refractivity contribution < 1.29 is 0 Å². The second-order valence-electron chi connectivity index (χ2n) is 2.97. The van der Waals surface area contributed by atoms with Crippen LogP contribution in [0.3, 0.4) is 0 Å². The number of benzene rings is 1. The predicted octanol–water partition coefficient (Wildman–Crippen LogP) is 2.92. The van der Waals surface area contributed by atoms with E-state index in [1.807, 2.05) is 10.4 Å². The minimum absolute atomic E-state index is 0.964. The van der Waals surface area contributed by atoms with Crippen molar-refractivity contribution in [3.05, 3.63) is 47.0 Å². The van der Waals surface area contributed by atoms with Crippen LogP contribution < -0.4 is 0 Å². The molecule has 0 aliphatic carbocycles. The third kappa shape index (κ3) is 2.23. The van der Waals surface area contributed by atoms with E-state index in [2.05, 4.69) is 42.5 Å². The van der Waals surface area contributed by atoms with Gasteiger partial charge in [0.2, 0.25) is 0 Å². The van der Waals surface area contributed by atoms with Crippen molar-refractivity contribution in [2.24, 2.45) is 0 Å². The maximum Gasteiger partial charge on any atom is 0.0786 e. The monoisotopic (exact) mass is 209 g/mol. The van der Waals surface area contributed by atoms with Gasteiger partial charge in [-0.25, -0.2) is 0 Å². The van der Waals surface area contributed by atoms with Gasteiger partial charge >= 0.3 is 0 Å². The average Bonchev–Trinajstić information content (AvgIpc) is 2.54. The molecule has 1 aromatic carbocycles. The Balaban J connectivity index is 2.06. The SMILES string of the molecule is SN1CSC=C1Cc1ccccc1. The van der Waals surface area contributed by atoms with Crippen LogP contribution in [-0.4, -0.2) is 10.2 Å². The molecule has 2 rings (SSSR count). The number of hydrogen-bond donors (Lipinski definition) is 1. The highest BCUT2D eigenvalue weighted by Gasteiger charge is 2.11. The lowest BCUT2D eigenvalue weighted by Crippen LogP contribution is -2.07. The van der Waals surface area contributed by atoms with E-state index in [0.717, 1.165) is 12.3 Å². The van der Waals surface area contributed by atoms with Crippen LogP contribution in [-0.2, 0) is 6.42 Å². The van der Waals surface area contributed by atoms with Gasteiger partial charge in [0.15, 0.2) is 0 Å². The molecule has 0 fully saturated rings. The molecular weight excluding hydrogens is 198 g/mol. The van der Waals surface area contributed by atoms with E-state index in [1.165, 1.54) is 11.3 Å². The first kappa shape index (κ1) is 9.03. The first-order valence-electron chi connectivity index (χ1n) is 4.17. The molecule has 0 saturated carbocycles. The van der Waals surface area contributed by atoms with Gasteiger partial charge in [-0.3, -0.25) is 0 Å². The molecule has 0 amide bonds.